The number of hydrogen-bond acceptors (Lipinski definition) is 4. The molecule has 2 unspecified atom stereocenters. The molecule has 4 heteroatoms. The molecule has 0 amide bonds. The smallest absolute Gasteiger partial charge is 0.0982 e. The van der Waals surface area contributed by atoms with E-state index in [9.17, 15) is 0 Å². The summed E-state index contributed by atoms with van der Waals surface area (Å²) in [5.74, 6) is 0.678. The summed E-state index contributed by atoms with van der Waals surface area (Å²) >= 11 is 1.82. The Kier molecular flexibility index (Phi) is 4.88. The Balaban J connectivity index is 2.27. The van der Waals surface area contributed by atoms with E-state index in [1.807, 2.05) is 11.3 Å². The zero-order valence-corrected chi connectivity index (χ0v) is 14.5. The minimum atomic E-state index is 0.155. The Hall–Kier alpha value is -0.450. The topological polar surface area (TPSA) is 28.2 Å². The van der Waals surface area contributed by atoms with E-state index in [2.05, 4.69) is 57.3 Å². The zero-order chi connectivity index (χ0) is 14.9. The maximum Gasteiger partial charge on any atom is 0.0982 e. The molecule has 0 aliphatic carbocycles. The molecule has 0 aromatic carbocycles. The van der Waals surface area contributed by atoms with E-state index in [-0.39, 0.29) is 5.41 Å². The fourth-order valence-electron chi connectivity index (χ4n) is 3.12. The second-order valence-corrected chi connectivity index (χ2v) is 8.07. The van der Waals surface area contributed by atoms with Crippen molar-refractivity contribution in [1.82, 2.24) is 15.2 Å². The molecule has 114 valence electrons. The Bertz CT molecular complexity index is 433. The van der Waals surface area contributed by atoms with Crippen LogP contribution in [-0.2, 0) is 5.41 Å². The van der Waals surface area contributed by atoms with Gasteiger partial charge in [-0.3, -0.25) is 4.90 Å². The van der Waals surface area contributed by atoms with Crippen LogP contribution < -0.4 is 5.32 Å². The first-order chi connectivity index (χ1) is 9.34. The summed E-state index contributed by atoms with van der Waals surface area (Å²) in [4.78, 5) is 7.59. The molecule has 1 N–H and O–H groups in total. The van der Waals surface area contributed by atoms with E-state index in [0.717, 1.165) is 6.54 Å². The third-order valence-electron chi connectivity index (χ3n) is 4.16. The third kappa shape index (κ3) is 3.23. The molecule has 2 rings (SSSR count). The van der Waals surface area contributed by atoms with Gasteiger partial charge in [-0.25, -0.2) is 4.98 Å². The lowest BCUT2D eigenvalue weighted by Crippen LogP contribution is -2.34. The maximum atomic E-state index is 4.98. The number of nitrogens with one attached hydrogen (secondary N) is 1. The first kappa shape index (κ1) is 15.9. The van der Waals surface area contributed by atoms with Crippen molar-refractivity contribution in [3.8, 4) is 0 Å². The molecule has 1 aliphatic heterocycles. The first-order valence-electron chi connectivity index (χ1n) is 7.71. The molecule has 20 heavy (non-hydrogen) atoms. The summed E-state index contributed by atoms with van der Waals surface area (Å²) in [5.41, 5.74) is 1.44. The lowest BCUT2D eigenvalue weighted by molar-refractivity contribution is 0.179. The van der Waals surface area contributed by atoms with Crippen LogP contribution >= 0.6 is 11.3 Å². The Labute approximate surface area is 127 Å². The van der Waals surface area contributed by atoms with Crippen LogP contribution in [0.3, 0.4) is 0 Å². The summed E-state index contributed by atoms with van der Waals surface area (Å²) < 4.78 is 0. The number of rotatable bonds is 4. The Morgan fingerprint density at radius 3 is 2.65 bits per heavy atom. The van der Waals surface area contributed by atoms with Gasteiger partial charge in [0.25, 0.3) is 0 Å². The SMILES string of the molecule is CNCC1CCN(C(C)C)C1c1csc(C(C)(C)C)n1. The second-order valence-electron chi connectivity index (χ2n) is 7.21. The predicted octanol–water partition coefficient (Wildman–Crippen LogP) is 3.43. The highest BCUT2D eigenvalue weighted by atomic mass is 32.1. The van der Waals surface area contributed by atoms with Crippen LogP contribution in [0.25, 0.3) is 0 Å². The zero-order valence-electron chi connectivity index (χ0n) is 13.7. The average molecular weight is 295 g/mol. The molecule has 2 heterocycles. The van der Waals surface area contributed by atoms with Gasteiger partial charge in [-0.1, -0.05) is 20.8 Å². The van der Waals surface area contributed by atoms with Gasteiger partial charge < -0.3 is 5.32 Å². The van der Waals surface area contributed by atoms with Crippen molar-refractivity contribution in [2.45, 2.75) is 58.5 Å². The monoisotopic (exact) mass is 295 g/mol. The number of aromatic nitrogens is 1. The second kappa shape index (κ2) is 6.12. The van der Waals surface area contributed by atoms with Crippen molar-refractivity contribution in [3.63, 3.8) is 0 Å². The van der Waals surface area contributed by atoms with Gasteiger partial charge in [0.05, 0.1) is 16.7 Å². The van der Waals surface area contributed by atoms with E-state index < -0.39 is 0 Å². The number of thiazole rings is 1. The number of hydrogen-bond donors (Lipinski definition) is 1. The molecule has 0 spiro atoms. The third-order valence-corrected chi connectivity index (χ3v) is 5.44. The summed E-state index contributed by atoms with van der Waals surface area (Å²) in [6, 6.07) is 1.07. The molecule has 1 aromatic rings. The van der Waals surface area contributed by atoms with Gasteiger partial charge in [0, 0.05) is 16.8 Å². The van der Waals surface area contributed by atoms with Gasteiger partial charge in [-0.05, 0) is 46.3 Å². The van der Waals surface area contributed by atoms with E-state index in [4.69, 9.17) is 4.98 Å². The van der Waals surface area contributed by atoms with E-state index in [1.54, 1.807) is 0 Å². The van der Waals surface area contributed by atoms with Gasteiger partial charge in [-0.2, -0.15) is 0 Å². The van der Waals surface area contributed by atoms with Gasteiger partial charge in [-0.15, -0.1) is 11.3 Å². The molecule has 0 saturated carbocycles. The molecule has 2 atom stereocenters. The summed E-state index contributed by atoms with van der Waals surface area (Å²) in [5, 5.41) is 6.90. The quantitative estimate of drug-likeness (QED) is 0.922. The molecule has 1 fully saturated rings. The van der Waals surface area contributed by atoms with Crippen LogP contribution in [0.15, 0.2) is 5.38 Å². The molecule has 3 nitrogen and oxygen atoms in total. The summed E-state index contributed by atoms with van der Waals surface area (Å²) in [6.45, 7) is 13.6. The fourth-order valence-corrected chi connectivity index (χ4v) is 4.05. The normalized spacial score (nSPS) is 24.8. The van der Waals surface area contributed by atoms with E-state index in [1.165, 1.54) is 23.7 Å². The van der Waals surface area contributed by atoms with Crippen molar-refractivity contribution in [2.75, 3.05) is 20.1 Å². The molecule has 0 bridgehead atoms. The molecular weight excluding hydrogens is 266 g/mol. The molecule has 0 radical (unpaired) electrons. The lowest BCUT2D eigenvalue weighted by Gasteiger charge is -2.30. The predicted molar refractivity (Wildman–Crippen MR) is 87.4 cm³/mol. The van der Waals surface area contributed by atoms with Crippen molar-refractivity contribution in [3.05, 3.63) is 16.1 Å². The molecule has 1 saturated heterocycles. The van der Waals surface area contributed by atoms with Crippen LogP contribution in [0.4, 0.5) is 0 Å². The van der Waals surface area contributed by atoms with Crippen molar-refractivity contribution >= 4 is 11.3 Å². The highest BCUT2D eigenvalue weighted by Gasteiger charge is 2.37. The Morgan fingerprint density at radius 1 is 1.45 bits per heavy atom. The van der Waals surface area contributed by atoms with Crippen LogP contribution in [0.1, 0.15) is 57.8 Å². The Morgan fingerprint density at radius 2 is 2.15 bits per heavy atom. The summed E-state index contributed by atoms with van der Waals surface area (Å²) in [6.07, 6.45) is 1.27. The maximum absolute atomic E-state index is 4.98. The minimum Gasteiger partial charge on any atom is -0.319 e. The molecule has 1 aliphatic rings. The summed E-state index contributed by atoms with van der Waals surface area (Å²) in [7, 11) is 2.05. The minimum absolute atomic E-state index is 0.155. The van der Waals surface area contributed by atoms with Crippen molar-refractivity contribution in [2.24, 2.45) is 5.92 Å². The highest BCUT2D eigenvalue weighted by molar-refractivity contribution is 7.09. The van der Waals surface area contributed by atoms with E-state index >= 15 is 0 Å². The molecular formula is C16H29N3S. The standard InChI is InChI=1S/C16H29N3S/c1-11(2)19-8-7-12(9-17-6)14(19)13-10-20-15(18-13)16(3,4)5/h10-12,14,17H,7-9H2,1-6H3. The van der Waals surface area contributed by atoms with Gasteiger partial charge in [0.15, 0.2) is 0 Å². The van der Waals surface area contributed by atoms with Crippen molar-refractivity contribution < 1.29 is 0 Å². The highest BCUT2D eigenvalue weighted by Crippen LogP contribution is 2.39. The first-order valence-corrected chi connectivity index (χ1v) is 8.58. The van der Waals surface area contributed by atoms with Crippen LogP contribution in [-0.4, -0.2) is 36.1 Å². The largest absolute Gasteiger partial charge is 0.319 e. The van der Waals surface area contributed by atoms with E-state index in [0.29, 0.717) is 18.0 Å². The van der Waals surface area contributed by atoms with Crippen LogP contribution in [0, 0.1) is 5.92 Å². The lowest BCUT2D eigenvalue weighted by atomic mass is 9.96. The fraction of sp³-hybridized carbons (Fsp3) is 0.812. The van der Waals surface area contributed by atoms with Crippen LogP contribution in [0.5, 0.6) is 0 Å². The number of nitrogens with zero attached hydrogens (tertiary/aromatic N) is 2. The van der Waals surface area contributed by atoms with Gasteiger partial charge in [0.2, 0.25) is 0 Å². The van der Waals surface area contributed by atoms with Gasteiger partial charge >= 0.3 is 0 Å². The molecule has 1 aromatic heterocycles. The van der Waals surface area contributed by atoms with Crippen molar-refractivity contribution in [1.29, 1.82) is 0 Å². The van der Waals surface area contributed by atoms with Gasteiger partial charge in [0.1, 0.15) is 0 Å². The number of likely N-dealkylation sites (tertiary alicyclic amines) is 1. The van der Waals surface area contributed by atoms with Crippen LogP contribution in [0.2, 0.25) is 0 Å². The average Bonchev–Trinajstić information content (AvgIpc) is 2.93.